The lowest BCUT2D eigenvalue weighted by Gasteiger charge is -2.35. The first-order valence-electron chi connectivity index (χ1n) is 12.1. The van der Waals surface area contributed by atoms with Gasteiger partial charge in [0.05, 0.1) is 23.8 Å². The zero-order chi connectivity index (χ0) is 22.2. The van der Waals surface area contributed by atoms with Crippen LogP contribution in [0.3, 0.4) is 0 Å². The second-order valence-electron chi connectivity index (χ2n) is 9.87. The summed E-state index contributed by atoms with van der Waals surface area (Å²) < 4.78 is 7.65. The van der Waals surface area contributed by atoms with Crippen LogP contribution in [0, 0.1) is 11.8 Å². The fourth-order valence-electron chi connectivity index (χ4n) is 5.57. The van der Waals surface area contributed by atoms with E-state index < -0.39 is 0 Å². The maximum atomic E-state index is 13.7. The highest BCUT2D eigenvalue weighted by Gasteiger charge is 2.28. The third-order valence-electron chi connectivity index (χ3n) is 7.00. The highest BCUT2D eigenvalue weighted by atomic mass is 32.2. The molecular formula is C24H33N3O3S2. The van der Waals surface area contributed by atoms with Crippen LogP contribution in [-0.2, 0) is 28.9 Å². The first-order valence-corrected chi connectivity index (χ1v) is 13.9. The van der Waals surface area contributed by atoms with Crippen LogP contribution in [-0.4, -0.2) is 51.9 Å². The van der Waals surface area contributed by atoms with Crippen molar-refractivity contribution >= 4 is 39.2 Å². The summed E-state index contributed by atoms with van der Waals surface area (Å²) in [4.78, 5) is 35.8. The molecule has 174 valence electrons. The second-order valence-corrected chi connectivity index (χ2v) is 11.9. The molecule has 6 nitrogen and oxygen atoms in total. The molecule has 3 atom stereocenters. The Morgan fingerprint density at radius 1 is 1.19 bits per heavy atom. The monoisotopic (exact) mass is 475 g/mol. The Morgan fingerprint density at radius 2 is 1.97 bits per heavy atom. The summed E-state index contributed by atoms with van der Waals surface area (Å²) in [5.74, 6) is 1.56. The Labute approximate surface area is 197 Å². The van der Waals surface area contributed by atoms with E-state index >= 15 is 0 Å². The molecule has 0 saturated carbocycles. The lowest BCUT2D eigenvalue weighted by atomic mass is 9.92. The molecule has 0 N–H and O–H groups in total. The molecule has 0 bridgehead atoms. The van der Waals surface area contributed by atoms with Gasteiger partial charge in [0.25, 0.3) is 5.56 Å². The number of amides is 1. The molecule has 0 aromatic carbocycles. The minimum Gasteiger partial charge on any atom is -0.376 e. The molecule has 0 radical (unpaired) electrons. The van der Waals surface area contributed by atoms with E-state index in [0.717, 1.165) is 62.0 Å². The number of nitrogens with zero attached hydrogens (tertiary/aromatic N) is 3. The predicted octanol–water partition coefficient (Wildman–Crippen LogP) is 4.11. The van der Waals surface area contributed by atoms with Gasteiger partial charge in [0.1, 0.15) is 4.83 Å². The van der Waals surface area contributed by atoms with Gasteiger partial charge in [0.2, 0.25) is 5.91 Å². The molecule has 2 aliphatic heterocycles. The smallest absolute Gasteiger partial charge is 0.263 e. The predicted molar refractivity (Wildman–Crippen MR) is 130 cm³/mol. The molecule has 2 aromatic rings. The van der Waals surface area contributed by atoms with Crippen molar-refractivity contribution < 1.29 is 9.53 Å². The third kappa shape index (κ3) is 4.50. The van der Waals surface area contributed by atoms with Gasteiger partial charge in [0, 0.05) is 24.6 Å². The van der Waals surface area contributed by atoms with Crippen molar-refractivity contribution in [1.82, 2.24) is 14.5 Å². The van der Waals surface area contributed by atoms with E-state index in [0.29, 0.717) is 29.3 Å². The minimum atomic E-state index is 0.0556. The summed E-state index contributed by atoms with van der Waals surface area (Å²) in [6.45, 7) is 7.38. The van der Waals surface area contributed by atoms with E-state index in [1.807, 2.05) is 4.90 Å². The molecule has 8 heteroatoms. The molecule has 2 saturated heterocycles. The van der Waals surface area contributed by atoms with Crippen LogP contribution in [0.15, 0.2) is 9.95 Å². The molecule has 2 fully saturated rings. The van der Waals surface area contributed by atoms with Gasteiger partial charge >= 0.3 is 0 Å². The van der Waals surface area contributed by atoms with Crippen molar-refractivity contribution in [2.75, 3.05) is 25.4 Å². The lowest BCUT2D eigenvalue weighted by molar-refractivity contribution is -0.130. The molecule has 4 heterocycles. The Hall–Kier alpha value is -1.38. The number of thioether (sulfide) groups is 1. The number of piperidine rings is 1. The number of hydrogen-bond acceptors (Lipinski definition) is 6. The molecule has 0 spiro atoms. The lowest BCUT2D eigenvalue weighted by Crippen LogP contribution is -2.43. The number of carbonyl (C=O) groups excluding carboxylic acids is 1. The van der Waals surface area contributed by atoms with Crippen LogP contribution in [0.1, 0.15) is 56.4 Å². The number of ether oxygens (including phenoxy) is 1. The molecule has 3 aliphatic rings. The van der Waals surface area contributed by atoms with E-state index in [-0.39, 0.29) is 17.6 Å². The molecule has 5 rings (SSSR count). The molecule has 1 amide bonds. The number of hydrogen-bond donors (Lipinski definition) is 0. The van der Waals surface area contributed by atoms with Gasteiger partial charge in [-0.15, -0.1) is 11.3 Å². The van der Waals surface area contributed by atoms with Gasteiger partial charge in [-0.1, -0.05) is 25.6 Å². The van der Waals surface area contributed by atoms with Gasteiger partial charge in [0.15, 0.2) is 5.16 Å². The Balaban J connectivity index is 1.44. The van der Waals surface area contributed by atoms with Gasteiger partial charge in [-0.3, -0.25) is 14.2 Å². The fraction of sp³-hybridized carbons (Fsp3) is 0.708. The van der Waals surface area contributed by atoms with Crippen molar-refractivity contribution in [1.29, 1.82) is 0 Å². The van der Waals surface area contributed by atoms with Crippen LogP contribution in [0.5, 0.6) is 0 Å². The number of aromatic nitrogens is 2. The molecule has 32 heavy (non-hydrogen) atoms. The Kier molecular flexibility index (Phi) is 6.63. The van der Waals surface area contributed by atoms with E-state index in [9.17, 15) is 9.59 Å². The van der Waals surface area contributed by atoms with Gasteiger partial charge in [-0.2, -0.15) is 0 Å². The first kappa shape index (κ1) is 22.4. The van der Waals surface area contributed by atoms with Crippen molar-refractivity contribution in [3.63, 3.8) is 0 Å². The molecule has 1 aliphatic carbocycles. The summed E-state index contributed by atoms with van der Waals surface area (Å²) >= 11 is 3.10. The minimum absolute atomic E-state index is 0.0556. The zero-order valence-electron chi connectivity index (χ0n) is 19.1. The Bertz CT molecular complexity index is 1050. The number of thiophene rings is 1. The maximum Gasteiger partial charge on any atom is 0.263 e. The second kappa shape index (κ2) is 9.47. The molecular weight excluding hydrogens is 442 g/mol. The summed E-state index contributed by atoms with van der Waals surface area (Å²) in [5, 5.41) is 1.49. The topological polar surface area (TPSA) is 64.4 Å². The summed E-state index contributed by atoms with van der Waals surface area (Å²) in [6.07, 6.45) is 7.60. The van der Waals surface area contributed by atoms with Crippen molar-refractivity contribution in [2.24, 2.45) is 11.8 Å². The highest BCUT2D eigenvalue weighted by molar-refractivity contribution is 7.99. The average Bonchev–Trinajstić information content (AvgIpc) is 3.41. The van der Waals surface area contributed by atoms with Crippen molar-refractivity contribution in [3.8, 4) is 0 Å². The van der Waals surface area contributed by atoms with E-state index in [4.69, 9.17) is 9.72 Å². The third-order valence-corrected chi connectivity index (χ3v) is 9.14. The van der Waals surface area contributed by atoms with Crippen molar-refractivity contribution in [3.05, 3.63) is 20.8 Å². The van der Waals surface area contributed by atoms with Crippen molar-refractivity contribution in [2.45, 2.75) is 76.6 Å². The fourth-order valence-corrected chi connectivity index (χ4v) is 7.78. The summed E-state index contributed by atoms with van der Waals surface area (Å²) in [7, 11) is 0. The van der Waals surface area contributed by atoms with Gasteiger partial charge in [-0.25, -0.2) is 4.98 Å². The average molecular weight is 476 g/mol. The maximum absolute atomic E-state index is 13.7. The molecule has 0 unspecified atom stereocenters. The summed E-state index contributed by atoms with van der Waals surface area (Å²) in [6, 6.07) is 0. The number of carbonyl (C=O) groups is 1. The van der Waals surface area contributed by atoms with Crippen LogP contribution in [0.4, 0.5) is 0 Å². The van der Waals surface area contributed by atoms with Crippen LogP contribution in [0.25, 0.3) is 10.2 Å². The SMILES string of the molecule is C[C@@H]1C[C@H](C)CN(C(=O)CSc2nc3sc4c(c3c(=O)n2C[C@H]2CCCO2)CCCC4)C1. The Morgan fingerprint density at radius 3 is 2.72 bits per heavy atom. The standard InChI is InChI=1S/C24H33N3O3S2/c1-15-10-16(2)12-26(11-15)20(28)14-31-24-25-22-21(18-7-3-4-8-19(18)32-22)23(29)27(24)13-17-6-5-9-30-17/h15-17H,3-14H2,1-2H3/t15-,16+,17-/m1/s1. The zero-order valence-corrected chi connectivity index (χ0v) is 20.7. The van der Waals surface area contributed by atoms with Gasteiger partial charge in [-0.05, 0) is 62.3 Å². The summed E-state index contributed by atoms with van der Waals surface area (Å²) in [5.41, 5.74) is 1.28. The van der Waals surface area contributed by atoms with Crippen LogP contribution >= 0.6 is 23.1 Å². The quantitative estimate of drug-likeness (QED) is 0.481. The normalized spacial score (nSPS) is 25.9. The van der Waals surface area contributed by atoms with Crippen LogP contribution in [0.2, 0.25) is 0 Å². The van der Waals surface area contributed by atoms with E-state index in [1.165, 1.54) is 35.0 Å². The van der Waals surface area contributed by atoms with E-state index in [1.54, 1.807) is 15.9 Å². The number of likely N-dealkylation sites (tertiary alicyclic amines) is 1. The number of rotatable bonds is 5. The highest BCUT2D eigenvalue weighted by Crippen LogP contribution is 2.35. The van der Waals surface area contributed by atoms with E-state index in [2.05, 4.69) is 13.8 Å². The first-order chi connectivity index (χ1) is 15.5. The molecule has 2 aromatic heterocycles. The van der Waals surface area contributed by atoms with Crippen LogP contribution < -0.4 is 5.56 Å². The number of aryl methyl sites for hydroxylation is 2. The largest absolute Gasteiger partial charge is 0.376 e. The van der Waals surface area contributed by atoms with Gasteiger partial charge < -0.3 is 9.64 Å². The number of fused-ring (bicyclic) bond motifs is 3.